The van der Waals surface area contributed by atoms with Crippen LogP contribution >= 0.6 is 11.6 Å². The minimum Gasteiger partial charge on any atom is -0.497 e. The van der Waals surface area contributed by atoms with Gasteiger partial charge in [0, 0.05) is 24.6 Å². The second-order valence-corrected chi connectivity index (χ2v) is 5.40. The molecule has 2 aromatic rings. The summed E-state index contributed by atoms with van der Waals surface area (Å²) in [5.41, 5.74) is 1.53. The topological polar surface area (TPSA) is 46.6 Å². The van der Waals surface area contributed by atoms with Gasteiger partial charge in [-0.3, -0.25) is 9.59 Å². The number of halogens is 1. The van der Waals surface area contributed by atoms with E-state index in [0.717, 1.165) is 0 Å². The highest BCUT2D eigenvalue weighted by atomic mass is 35.5. The van der Waals surface area contributed by atoms with Crippen molar-refractivity contribution >= 4 is 29.0 Å². The SMILES string of the molecule is COc1ccc2c(c1)N(C(=O)c1ccccc1Cl)CCC2=O. The first-order valence-corrected chi connectivity index (χ1v) is 7.27. The normalized spacial score (nSPS) is 13.7. The number of ketones is 1. The Hall–Kier alpha value is -2.33. The number of carbonyl (C=O) groups excluding carboxylic acids is 2. The lowest BCUT2D eigenvalue weighted by molar-refractivity contribution is 0.0955. The number of hydrogen-bond donors (Lipinski definition) is 0. The molecule has 0 radical (unpaired) electrons. The van der Waals surface area contributed by atoms with Crippen LogP contribution in [0.2, 0.25) is 5.02 Å². The second-order valence-electron chi connectivity index (χ2n) is 4.99. The fourth-order valence-electron chi connectivity index (χ4n) is 2.56. The summed E-state index contributed by atoms with van der Waals surface area (Å²) in [5.74, 6) is 0.416. The first-order valence-electron chi connectivity index (χ1n) is 6.89. The van der Waals surface area contributed by atoms with Gasteiger partial charge in [0.1, 0.15) is 5.75 Å². The van der Waals surface area contributed by atoms with Crippen molar-refractivity contribution in [1.29, 1.82) is 0 Å². The van der Waals surface area contributed by atoms with Crippen molar-refractivity contribution < 1.29 is 14.3 Å². The van der Waals surface area contributed by atoms with Crippen molar-refractivity contribution in [3.8, 4) is 5.75 Å². The fourth-order valence-corrected chi connectivity index (χ4v) is 2.77. The quantitative estimate of drug-likeness (QED) is 0.851. The summed E-state index contributed by atoms with van der Waals surface area (Å²) in [5, 5.41) is 0.397. The Labute approximate surface area is 133 Å². The van der Waals surface area contributed by atoms with Gasteiger partial charge in [0.25, 0.3) is 5.91 Å². The average Bonchev–Trinajstić information content (AvgIpc) is 2.54. The van der Waals surface area contributed by atoms with E-state index in [-0.39, 0.29) is 11.7 Å². The molecule has 3 rings (SSSR count). The molecule has 1 aliphatic rings. The Morgan fingerprint density at radius 2 is 2.00 bits per heavy atom. The summed E-state index contributed by atoms with van der Waals surface area (Å²) in [6.07, 6.45) is 0.301. The Bertz CT molecular complexity index is 757. The van der Waals surface area contributed by atoms with Crippen molar-refractivity contribution in [3.05, 3.63) is 58.6 Å². The third-order valence-electron chi connectivity index (χ3n) is 3.71. The molecule has 22 heavy (non-hydrogen) atoms. The molecular formula is C17H14ClNO3. The number of anilines is 1. The number of fused-ring (bicyclic) bond motifs is 1. The van der Waals surface area contributed by atoms with Crippen LogP contribution in [0, 0.1) is 0 Å². The van der Waals surface area contributed by atoms with Crippen molar-refractivity contribution in [1.82, 2.24) is 0 Å². The molecular weight excluding hydrogens is 302 g/mol. The summed E-state index contributed by atoms with van der Waals surface area (Å²) < 4.78 is 5.20. The lowest BCUT2D eigenvalue weighted by Gasteiger charge is -2.29. The van der Waals surface area contributed by atoms with Gasteiger partial charge in [-0.05, 0) is 24.3 Å². The Balaban J connectivity index is 2.07. The van der Waals surface area contributed by atoms with Crippen molar-refractivity contribution in [2.24, 2.45) is 0 Å². The zero-order valence-electron chi connectivity index (χ0n) is 12.0. The first kappa shape index (κ1) is 14.6. The number of hydrogen-bond acceptors (Lipinski definition) is 3. The molecule has 0 atom stereocenters. The van der Waals surface area contributed by atoms with Crippen LogP contribution in [-0.4, -0.2) is 25.3 Å². The zero-order valence-corrected chi connectivity index (χ0v) is 12.8. The number of amides is 1. The van der Waals surface area contributed by atoms with Gasteiger partial charge in [-0.15, -0.1) is 0 Å². The van der Waals surface area contributed by atoms with E-state index in [4.69, 9.17) is 16.3 Å². The smallest absolute Gasteiger partial charge is 0.259 e. The van der Waals surface area contributed by atoms with Crippen molar-refractivity contribution in [3.63, 3.8) is 0 Å². The van der Waals surface area contributed by atoms with Gasteiger partial charge >= 0.3 is 0 Å². The predicted molar refractivity (Wildman–Crippen MR) is 85.1 cm³/mol. The van der Waals surface area contributed by atoms with E-state index in [1.165, 1.54) is 0 Å². The minimum atomic E-state index is -0.215. The Kier molecular flexibility index (Phi) is 3.86. The molecule has 0 saturated heterocycles. The molecule has 0 saturated carbocycles. The molecule has 2 aromatic carbocycles. The van der Waals surface area contributed by atoms with Crippen LogP contribution in [-0.2, 0) is 0 Å². The zero-order chi connectivity index (χ0) is 15.7. The number of ether oxygens (including phenoxy) is 1. The highest BCUT2D eigenvalue weighted by Gasteiger charge is 2.29. The van der Waals surface area contributed by atoms with Crippen LogP contribution in [0.15, 0.2) is 42.5 Å². The molecule has 0 fully saturated rings. The van der Waals surface area contributed by atoms with Gasteiger partial charge in [-0.1, -0.05) is 23.7 Å². The molecule has 5 heteroatoms. The molecule has 1 heterocycles. The highest BCUT2D eigenvalue weighted by molar-refractivity contribution is 6.34. The lowest BCUT2D eigenvalue weighted by atomic mass is 9.99. The predicted octanol–water partition coefficient (Wildman–Crippen LogP) is 3.58. The van der Waals surface area contributed by atoms with E-state index in [9.17, 15) is 9.59 Å². The number of nitrogens with zero attached hydrogens (tertiary/aromatic N) is 1. The number of methoxy groups -OCH3 is 1. The van der Waals surface area contributed by atoms with Gasteiger partial charge < -0.3 is 9.64 Å². The summed E-state index contributed by atoms with van der Waals surface area (Å²) in [6, 6.07) is 12.0. The molecule has 0 unspecified atom stereocenters. The molecule has 112 valence electrons. The standard InChI is InChI=1S/C17H14ClNO3/c1-22-11-6-7-13-15(10-11)19(9-8-16(13)20)17(21)12-4-2-3-5-14(12)18/h2-7,10H,8-9H2,1H3. The summed E-state index contributed by atoms with van der Waals surface area (Å²) in [6.45, 7) is 0.336. The van der Waals surface area contributed by atoms with Crippen LogP contribution in [0.1, 0.15) is 27.1 Å². The van der Waals surface area contributed by atoms with E-state index in [0.29, 0.717) is 40.6 Å². The monoisotopic (exact) mass is 315 g/mol. The van der Waals surface area contributed by atoms with Crippen LogP contribution in [0.3, 0.4) is 0 Å². The van der Waals surface area contributed by atoms with Gasteiger partial charge in [-0.2, -0.15) is 0 Å². The van der Waals surface area contributed by atoms with E-state index in [1.54, 1.807) is 54.5 Å². The Morgan fingerprint density at radius 3 is 2.73 bits per heavy atom. The first-order chi connectivity index (χ1) is 10.6. The molecule has 0 N–H and O–H groups in total. The maximum atomic E-state index is 12.8. The number of benzene rings is 2. The second kappa shape index (κ2) is 5.81. The van der Waals surface area contributed by atoms with Gasteiger partial charge in [-0.25, -0.2) is 0 Å². The molecule has 1 aliphatic heterocycles. The minimum absolute atomic E-state index is 0.0286. The van der Waals surface area contributed by atoms with E-state index in [2.05, 4.69) is 0 Å². The maximum absolute atomic E-state index is 12.8. The largest absolute Gasteiger partial charge is 0.497 e. The van der Waals surface area contributed by atoms with E-state index in [1.807, 2.05) is 0 Å². The van der Waals surface area contributed by atoms with Gasteiger partial charge in [0.2, 0.25) is 0 Å². The van der Waals surface area contributed by atoms with Crippen molar-refractivity contribution in [2.45, 2.75) is 6.42 Å². The van der Waals surface area contributed by atoms with Gasteiger partial charge in [0.05, 0.1) is 23.4 Å². The average molecular weight is 316 g/mol. The van der Waals surface area contributed by atoms with Crippen LogP contribution in [0.4, 0.5) is 5.69 Å². The summed E-state index contributed by atoms with van der Waals surface area (Å²) in [7, 11) is 1.55. The van der Waals surface area contributed by atoms with Crippen LogP contribution in [0.5, 0.6) is 5.75 Å². The van der Waals surface area contributed by atoms with Crippen LogP contribution in [0.25, 0.3) is 0 Å². The third-order valence-corrected chi connectivity index (χ3v) is 4.04. The number of Topliss-reactive ketones (excluding diaryl/α,β-unsaturated/α-hetero) is 1. The van der Waals surface area contributed by atoms with E-state index < -0.39 is 0 Å². The molecule has 0 aromatic heterocycles. The third kappa shape index (κ3) is 2.46. The Morgan fingerprint density at radius 1 is 1.23 bits per heavy atom. The number of rotatable bonds is 2. The number of carbonyl (C=O) groups is 2. The van der Waals surface area contributed by atoms with E-state index >= 15 is 0 Å². The molecule has 0 aliphatic carbocycles. The maximum Gasteiger partial charge on any atom is 0.259 e. The van der Waals surface area contributed by atoms with Crippen LogP contribution < -0.4 is 9.64 Å². The molecule has 4 nitrogen and oxygen atoms in total. The van der Waals surface area contributed by atoms with Gasteiger partial charge in [0.15, 0.2) is 5.78 Å². The molecule has 0 bridgehead atoms. The molecule has 0 spiro atoms. The molecule has 1 amide bonds. The summed E-state index contributed by atoms with van der Waals surface area (Å²) in [4.78, 5) is 26.4. The highest BCUT2D eigenvalue weighted by Crippen LogP contribution is 2.32. The summed E-state index contributed by atoms with van der Waals surface area (Å²) >= 11 is 6.11. The lowest BCUT2D eigenvalue weighted by Crippen LogP contribution is -2.37. The van der Waals surface area contributed by atoms with Crippen molar-refractivity contribution in [2.75, 3.05) is 18.6 Å². The fraction of sp³-hybridized carbons (Fsp3) is 0.176.